The van der Waals surface area contributed by atoms with Crippen molar-refractivity contribution in [2.45, 2.75) is 12.8 Å². The fraction of sp³-hybridized carbons (Fsp3) is 0.217. The van der Waals surface area contributed by atoms with Crippen molar-refractivity contribution >= 4 is 39.9 Å². The first-order chi connectivity index (χ1) is 15.9. The first-order valence-corrected chi connectivity index (χ1v) is 11.1. The van der Waals surface area contributed by atoms with E-state index in [2.05, 4.69) is 15.6 Å². The SMILES string of the molecule is COc1ccc(-c2csc(NC(=O)CNC(=O)c3ccc(N4CCCC4=O)cc3)n2)cc1F. The molecule has 2 aromatic carbocycles. The molecule has 4 rings (SSSR count). The molecule has 1 fully saturated rings. The molecule has 0 saturated carbocycles. The van der Waals surface area contributed by atoms with Crippen molar-refractivity contribution < 1.29 is 23.5 Å². The number of methoxy groups -OCH3 is 1. The van der Waals surface area contributed by atoms with Crippen LogP contribution in [0.4, 0.5) is 15.2 Å². The third kappa shape index (κ3) is 5.17. The van der Waals surface area contributed by atoms with Gasteiger partial charge in [0, 0.05) is 35.2 Å². The molecule has 1 aliphatic rings. The highest BCUT2D eigenvalue weighted by Crippen LogP contribution is 2.28. The lowest BCUT2D eigenvalue weighted by Crippen LogP contribution is -2.32. The molecule has 0 unspecified atom stereocenters. The minimum absolute atomic E-state index is 0.0753. The Kier molecular flexibility index (Phi) is 6.64. The number of aromatic nitrogens is 1. The maximum atomic E-state index is 13.9. The van der Waals surface area contributed by atoms with Crippen LogP contribution in [0.25, 0.3) is 11.3 Å². The predicted octanol–water partition coefficient (Wildman–Crippen LogP) is 3.45. The Morgan fingerprint density at radius 3 is 2.67 bits per heavy atom. The van der Waals surface area contributed by atoms with Crippen LogP contribution in [0, 0.1) is 5.82 Å². The van der Waals surface area contributed by atoms with E-state index in [1.807, 2.05) is 0 Å². The molecule has 0 atom stereocenters. The highest BCUT2D eigenvalue weighted by Gasteiger charge is 2.21. The number of ether oxygens (including phenoxy) is 1. The lowest BCUT2D eigenvalue weighted by Gasteiger charge is -2.15. The summed E-state index contributed by atoms with van der Waals surface area (Å²) in [6, 6.07) is 11.2. The standard InChI is InChI=1S/C23H21FN4O4S/c1-32-19-9-6-15(11-17(19)24)18-13-33-23(26-18)27-20(29)12-25-22(31)14-4-7-16(8-5-14)28-10-2-3-21(28)30/h4-9,11,13H,2-3,10,12H2,1H3,(H,25,31)(H,26,27,29). The van der Waals surface area contributed by atoms with Gasteiger partial charge in [0.05, 0.1) is 19.3 Å². The van der Waals surface area contributed by atoms with Crippen LogP contribution in [0.1, 0.15) is 23.2 Å². The highest BCUT2D eigenvalue weighted by atomic mass is 32.1. The van der Waals surface area contributed by atoms with E-state index in [0.717, 1.165) is 12.1 Å². The van der Waals surface area contributed by atoms with Crippen LogP contribution in [0.5, 0.6) is 5.75 Å². The number of benzene rings is 2. The summed E-state index contributed by atoms with van der Waals surface area (Å²) in [5.74, 6) is -1.14. The summed E-state index contributed by atoms with van der Waals surface area (Å²) in [5, 5.41) is 7.21. The molecule has 10 heteroatoms. The van der Waals surface area contributed by atoms with Gasteiger partial charge in [0.15, 0.2) is 16.7 Å². The van der Waals surface area contributed by atoms with Crippen LogP contribution in [0.2, 0.25) is 0 Å². The number of hydrogen-bond donors (Lipinski definition) is 2. The summed E-state index contributed by atoms with van der Waals surface area (Å²) in [4.78, 5) is 42.4. The van der Waals surface area contributed by atoms with Gasteiger partial charge in [0.1, 0.15) is 0 Å². The molecule has 170 valence electrons. The molecular formula is C23H21FN4O4S. The molecular weight excluding hydrogens is 447 g/mol. The summed E-state index contributed by atoms with van der Waals surface area (Å²) in [7, 11) is 1.39. The lowest BCUT2D eigenvalue weighted by atomic mass is 10.1. The smallest absolute Gasteiger partial charge is 0.251 e. The molecule has 0 aliphatic carbocycles. The molecule has 8 nitrogen and oxygen atoms in total. The fourth-order valence-electron chi connectivity index (χ4n) is 3.43. The quantitative estimate of drug-likeness (QED) is 0.553. The topological polar surface area (TPSA) is 101 Å². The molecule has 3 aromatic rings. The molecule has 2 N–H and O–H groups in total. The second kappa shape index (κ2) is 9.78. The maximum Gasteiger partial charge on any atom is 0.251 e. The van der Waals surface area contributed by atoms with Crippen LogP contribution in [-0.2, 0) is 9.59 Å². The van der Waals surface area contributed by atoms with Crippen molar-refractivity contribution in [3.05, 3.63) is 59.2 Å². The Bertz CT molecular complexity index is 1200. The summed E-state index contributed by atoms with van der Waals surface area (Å²) in [6.45, 7) is 0.438. The number of nitrogens with one attached hydrogen (secondary N) is 2. The fourth-order valence-corrected chi connectivity index (χ4v) is 4.17. The molecule has 33 heavy (non-hydrogen) atoms. The highest BCUT2D eigenvalue weighted by molar-refractivity contribution is 7.14. The number of rotatable bonds is 7. The number of hydrogen-bond acceptors (Lipinski definition) is 6. The van der Waals surface area contributed by atoms with Gasteiger partial charge in [0.25, 0.3) is 5.91 Å². The Hall–Kier alpha value is -3.79. The Morgan fingerprint density at radius 2 is 2.00 bits per heavy atom. The summed E-state index contributed by atoms with van der Waals surface area (Å²) >= 11 is 1.19. The number of anilines is 2. The molecule has 1 saturated heterocycles. The van der Waals surface area contributed by atoms with E-state index in [4.69, 9.17) is 4.74 Å². The number of amides is 3. The molecule has 1 aromatic heterocycles. The van der Waals surface area contributed by atoms with Crippen LogP contribution in [-0.4, -0.2) is 42.9 Å². The van der Waals surface area contributed by atoms with E-state index >= 15 is 0 Å². The maximum absolute atomic E-state index is 13.9. The van der Waals surface area contributed by atoms with E-state index in [1.54, 1.807) is 40.6 Å². The van der Waals surface area contributed by atoms with Crippen molar-refractivity contribution in [1.82, 2.24) is 10.3 Å². The van der Waals surface area contributed by atoms with Gasteiger partial charge in [-0.3, -0.25) is 14.4 Å². The second-order valence-electron chi connectivity index (χ2n) is 7.31. The number of carbonyl (C=O) groups excluding carboxylic acids is 3. The third-order valence-corrected chi connectivity index (χ3v) is 5.88. The van der Waals surface area contributed by atoms with Crippen LogP contribution in [0.15, 0.2) is 47.8 Å². The first kappa shape index (κ1) is 22.4. The van der Waals surface area contributed by atoms with E-state index in [0.29, 0.717) is 34.9 Å². The van der Waals surface area contributed by atoms with E-state index in [-0.39, 0.29) is 18.2 Å². The molecule has 3 amide bonds. The van der Waals surface area contributed by atoms with Gasteiger partial charge in [-0.25, -0.2) is 9.37 Å². The van der Waals surface area contributed by atoms with Gasteiger partial charge >= 0.3 is 0 Å². The summed E-state index contributed by atoms with van der Waals surface area (Å²) < 4.78 is 18.8. The number of halogens is 1. The normalized spacial score (nSPS) is 13.2. The zero-order valence-electron chi connectivity index (χ0n) is 17.8. The minimum atomic E-state index is -0.503. The van der Waals surface area contributed by atoms with E-state index < -0.39 is 17.6 Å². The van der Waals surface area contributed by atoms with E-state index in [1.165, 1.54) is 30.6 Å². The Balaban J connectivity index is 1.30. The number of nitrogens with zero attached hydrogens (tertiary/aromatic N) is 2. The van der Waals surface area contributed by atoms with Crippen molar-refractivity contribution in [3.63, 3.8) is 0 Å². The zero-order valence-corrected chi connectivity index (χ0v) is 18.6. The van der Waals surface area contributed by atoms with Gasteiger partial charge in [-0.05, 0) is 48.9 Å². The summed E-state index contributed by atoms with van der Waals surface area (Å²) in [5.41, 5.74) is 2.20. The van der Waals surface area contributed by atoms with Crippen LogP contribution >= 0.6 is 11.3 Å². The molecule has 0 bridgehead atoms. The Labute approximate surface area is 193 Å². The third-order valence-electron chi connectivity index (χ3n) is 5.12. The van der Waals surface area contributed by atoms with Crippen molar-refractivity contribution in [2.75, 3.05) is 30.4 Å². The van der Waals surface area contributed by atoms with Crippen LogP contribution < -0.4 is 20.3 Å². The monoisotopic (exact) mass is 468 g/mol. The average molecular weight is 469 g/mol. The largest absolute Gasteiger partial charge is 0.494 e. The zero-order chi connectivity index (χ0) is 23.4. The summed E-state index contributed by atoms with van der Waals surface area (Å²) in [6.07, 6.45) is 1.36. The van der Waals surface area contributed by atoms with Gasteiger partial charge in [-0.2, -0.15) is 0 Å². The molecule has 0 spiro atoms. The lowest BCUT2D eigenvalue weighted by molar-refractivity contribution is -0.117. The van der Waals surface area contributed by atoms with Gasteiger partial charge < -0.3 is 20.3 Å². The minimum Gasteiger partial charge on any atom is -0.494 e. The van der Waals surface area contributed by atoms with Gasteiger partial charge in [0.2, 0.25) is 11.8 Å². The number of thiazole rings is 1. The van der Waals surface area contributed by atoms with Crippen molar-refractivity contribution in [2.24, 2.45) is 0 Å². The average Bonchev–Trinajstić information content (AvgIpc) is 3.46. The van der Waals surface area contributed by atoms with Gasteiger partial charge in [-0.1, -0.05) is 0 Å². The predicted molar refractivity (Wildman–Crippen MR) is 123 cm³/mol. The molecule has 0 radical (unpaired) electrons. The van der Waals surface area contributed by atoms with Crippen molar-refractivity contribution in [1.29, 1.82) is 0 Å². The second-order valence-corrected chi connectivity index (χ2v) is 8.17. The first-order valence-electron chi connectivity index (χ1n) is 10.2. The van der Waals surface area contributed by atoms with Gasteiger partial charge in [-0.15, -0.1) is 11.3 Å². The van der Waals surface area contributed by atoms with Crippen LogP contribution in [0.3, 0.4) is 0 Å². The molecule has 1 aliphatic heterocycles. The number of carbonyl (C=O) groups is 3. The van der Waals surface area contributed by atoms with E-state index in [9.17, 15) is 18.8 Å². The Morgan fingerprint density at radius 1 is 1.21 bits per heavy atom. The molecule has 2 heterocycles. The van der Waals surface area contributed by atoms with Crippen molar-refractivity contribution in [3.8, 4) is 17.0 Å².